The van der Waals surface area contributed by atoms with Gasteiger partial charge in [0.15, 0.2) is 0 Å². The van der Waals surface area contributed by atoms with Crippen molar-refractivity contribution in [2.24, 2.45) is 5.92 Å². The highest BCUT2D eigenvalue weighted by Gasteiger charge is 2.18. The lowest BCUT2D eigenvalue weighted by molar-refractivity contribution is -0.000741. The molecule has 1 nitrogen and oxygen atoms in total. The van der Waals surface area contributed by atoms with Crippen LogP contribution in [-0.4, -0.2) is 10.5 Å². The summed E-state index contributed by atoms with van der Waals surface area (Å²) in [5, 5.41) is 0. The first-order valence-corrected chi connectivity index (χ1v) is 7.53. The summed E-state index contributed by atoms with van der Waals surface area (Å²) < 4.78 is 20.4. The fourth-order valence-electron chi connectivity index (χ4n) is 1.93. The van der Waals surface area contributed by atoms with Crippen molar-refractivity contribution in [3.8, 4) is 0 Å². The van der Waals surface area contributed by atoms with Gasteiger partial charge in [0.25, 0.3) is 0 Å². The third-order valence-corrected chi connectivity index (χ3v) is 3.39. The molecule has 0 bridgehead atoms. The molecular weight excluding hydrogens is 330 g/mol. The topological polar surface area (TPSA) is 9.23 Å². The van der Waals surface area contributed by atoms with Gasteiger partial charge in [0.1, 0.15) is 5.82 Å². The summed E-state index contributed by atoms with van der Waals surface area (Å²) in [6.45, 7) is 6.39. The number of hydrogen-bond donors (Lipinski definition) is 0. The summed E-state index contributed by atoms with van der Waals surface area (Å²) >= 11 is 2.25. The maximum Gasteiger partial charge on any atom is 0.129 e. The maximum absolute atomic E-state index is 13.7. The Morgan fingerprint density at radius 1 is 1.24 bits per heavy atom. The Labute approximate surface area is 117 Å². The molecule has 0 saturated carbocycles. The van der Waals surface area contributed by atoms with Crippen LogP contribution in [0, 0.1) is 11.7 Å². The highest BCUT2D eigenvalue weighted by Crippen LogP contribution is 2.25. The SMILES string of the molecule is CC(C)CC(C)OC(CI)c1ccccc1F. The standard InChI is InChI=1S/C14H20FIO/c1-10(2)8-11(3)17-14(9-16)12-6-4-5-7-13(12)15/h4-7,10-11,14H,8-9H2,1-3H3. The van der Waals surface area contributed by atoms with Crippen LogP contribution >= 0.6 is 22.6 Å². The minimum Gasteiger partial charge on any atom is -0.370 e. The molecule has 96 valence electrons. The van der Waals surface area contributed by atoms with Gasteiger partial charge >= 0.3 is 0 Å². The lowest BCUT2D eigenvalue weighted by Gasteiger charge is -2.22. The van der Waals surface area contributed by atoms with Gasteiger partial charge in [0, 0.05) is 9.99 Å². The second-order valence-electron chi connectivity index (χ2n) is 4.74. The van der Waals surface area contributed by atoms with Gasteiger partial charge in [-0.3, -0.25) is 0 Å². The van der Waals surface area contributed by atoms with Crippen molar-refractivity contribution in [2.45, 2.75) is 39.4 Å². The van der Waals surface area contributed by atoms with E-state index in [9.17, 15) is 4.39 Å². The Hall–Kier alpha value is -0.160. The van der Waals surface area contributed by atoms with E-state index in [0.29, 0.717) is 11.5 Å². The van der Waals surface area contributed by atoms with Crippen molar-refractivity contribution in [3.05, 3.63) is 35.6 Å². The quantitative estimate of drug-likeness (QED) is 0.531. The largest absolute Gasteiger partial charge is 0.370 e. The van der Waals surface area contributed by atoms with Crippen molar-refractivity contribution < 1.29 is 9.13 Å². The summed E-state index contributed by atoms with van der Waals surface area (Å²) in [4.78, 5) is 0. The molecule has 0 amide bonds. The molecule has 0 aromatic heterocycles. The molecule has 1 aromatic carbocycles. The van der Waals surface area contributed by atoms with Gasteiger partial charge in [0.05, 0.1) is 12.2 Å². The fourth-order valence-corrected chi connectivity index (χ4v) is 2.61. The smallest absolute Gasteiger partial charge is 0.129 e. The molecule has 0 aliphatic rings. The summed E-state index contributed by atoms with van der Waals surface area (Å²) in [5.41, 5.74) is 0.664. The van der Waals surface area contributed by atoms with Crippen LogP contribution in [0.2, 0.25) is 0 Å². The second-order valence-corrected chi connectivity index (χ2v) is 5.62. The maximum atomic E-state index is 13.7. The Balaban J connectivity index is 2.69. The molecule has 0 aliphatic carbocycles. The van der Waals surface area contributed by atoms with E-state index in [2.05, 4.69) is 43.4 Å². The highest BCUT2D eigenvalue weighted by molar-refractivity contribution is 14.1. The van der Waals surface area contributed by atoms with Gasteiger partial charge in [-0.05, 0) is 25.3 Å². The van der Waals surface area contributed by atoms with Crippen LogP contribution in [0.3, 0.4) is 0 Å². The third kappa shape index (κ3) is 4.92. The zero-order valence-corrected chi connectivity index (χ0v) is 12.8. The molecule has 0 N–H and O–H groups in total. The number of hydrogen-bond acceptors (Lipinski definition) is 1. The van der Waals surface area contributed by atoms with Gasteiger partial charge < -0.3 is 4.74 Å². The first-order chi connectivity index (χ1) is 8.04. The molecule has 0 spiro atoms. The molecule has 0 saturated heterocycles. The Morgan fingerprint density at radius 3 is 2.41 bits per heavy atom. The number of halogens is 2. The van der Waals surface area contributed by atoms with E-state index < -0.39 is 0 Å². The molecule has 17 heavy (non-hydrogen) atoms. The molecule has 1 aromatic rings. The minimum atomic E-state index is -0.175. The average Bonchev–Trinajstić information content (AvgIpc) is 2.26. The lowest BCUT2D eigenvalue weighted by Crippen LogP contribution is -2.17. The molecule has 3 heteroatoms. The van der Waals surface area contributed by atoms with Crippen molar-refractivity contribution in [2.75, 3.05) is 4.43 Å². The van der Waals surface area contributed by atoms with E-state index in [-0.39, 0.29) is 18.0 Å². The molecule has 1 rings (SSSR count). The zero-order valence-electron chi connectivity index (χ0n) is 10.6. The monoisotopic (exact) mass is 350 g/mol. The van der Waals surface area contributed by atoms with Gasteiger partial charge in [-0.25, -0.2) is 4.39 Å². The molecule has 0 fully saturated rings. The second kappa shape index (κ2) is 7.31. The van der Waals surface area contributed by atoms with Crippen LogP contribution in [0.15, 0.2) is 24.3 Å². The summed E-state index contributed by atoms with van der Waals surface area (Å²) in [6, 6.07) is 6.86. The lowest BCUT2D eigenvalue weighted by atomic mass is 10.1. The van der Waals surface area contributed by atoms with E-state index in [0.717, 1.165) is 10.8 Å². The van der Waals surface area contributed by atoms with E-state index in [1.54, 1.807) is 12.1 Å². The molecular formula is C14H20FIO. The zero-order chi connectivity index (χ0) is 12.8. The normalized spacial score (nSPS) is 14.9. The van der Waals surface area contributed by atoms with E-state index in [4.69, 9.17) is 4.74 Å². The first-order valence-electron chi connectivity index (χ1n) is 6.00. The van der Waals surface area contributed by atoms with Crippen LogP contribution < -0.4 is 0 Å². The Kier molecular flexibility index (Phi) is 6.41. The van der Waals surface area contributed by atoms with Gasteiger partial charge in [-0.15, -0.1) is 0 Å². The van der Waals surface area contributed by atoms with Gasteiger partial charge in [-0.1, -0.05) is 54.6 Å². The Morgan fingerprint density at radius 2 is 1.88 bits per heavy atom. The van der Waals surface area contributed by atoms with Crippen LogP contribution in [0.4, 0.5) is 4.39 Å². The summed E-state index contributed by atoms with van der Waals surface area (Å²) in [7, 11) is 0. The van der Waals surface area contributed by atoms with Crippen molar-refractivity contribution in [1.82, 2.24) is 0 Å². The van der Waals surface area contributed by atoms with Gasteiger partial charge in [-0.2, -0.15) is 0 Å². The molecule has 0 aliphatic heterocycles. The third-order valence-electron chi connectivity index (χ3n) is 2.59. The van der Waals surface area contributed by atoms with E-state index in [1.807, 2.05) is 6.07 Å². The Bertz CT molecular complexity index is 341. The minimum absolute atomic E-state index is 0.148. The van der Waals surface area contributed by atoms with Crippen LogP contribution in [0.5, 0.6) is 0 Å². The average molecular weight is 350 g/mol. The number of rotatable bonds is 6. The predicted molar refractivity (Wildman–Crippen MR) is 78.0 cm³/mol. The highest BCUT2D eigenvalue weighted by atomic mass is 127. The predicted octanol–water partition coefficient (Wildman–Crippen LogP) is 4.75. The number of alkyl halides is 1. The van der Waals surface area contributed by atoms with E-state index in [1.165, 1.54) is 6.07 Å². The molecule has 0 radical (unpaired) electrons. The van der Waals surface area contributed by atoms with Crippen LogP contribution in [-0.2, 0) is 4.74 Å². The fraction of sp³-hybridized carbons (Fsp3) is 0.571. The summed E-state index contributed by atoms with van der Waals surface area (Å²) in [6.07, 6.45) is 1.02. The summed E-state index contributed by atoms with van der Waals surface area (Å²) in [5.74, 6) is 0.423. The first kappa shape index (κ1) is 14.9. The molecule has 0 heterocycles. The number of benzene rings is 1. The van der Waals surface area contributed by atoms with Crippen molar-refractivity contribution in [3.63, 3.8) is 0 Å². The van der Waals surface area contributed by atoms with Crippen LogP contribution in [0.1, 0.15) is 38.9 Å². The van der Waals surface area contributed by atoms with Crippen molar-refractivity contribution >= 4 is 22.6 Å². The van der Waals surface area contributed by atoms with Crippen molar-refractivity contribution in [1.29, 1.82) is 0 Å². The van der Waals surface area contributed by atoms with E-state index >= 15 is 0 Å². The molecule has 2 unspecified atom stereocenters. The number of ether oxygens (including phenoxy) is 1. The molecule has 2 atom stereocenters. The van der Waals surface area contributed by atoms with Gasteiger partial charge in [0.2, 0.25) is 0 Å². The van der Waals surface area contributed by atoms with Crippen LogP contribution in [0.25, 0.3) is 0 Å².